The van der Waals surface area contributed by atoms with Crippen molar-refractivity contribution in [1.29, 1.82) is 0 Å². The fraction of sp³-hybridized carbons (Fsp3) is 0.500. The van der Waals surface area contributed by atoms with Crippen LogP contribution in [0, 0.1) is 0 Å². The first kappa shape index (κ1) is 13.6. The van der Waals surface area contributed by atoms with E-state index in [4.69, 9.17) is 10.8 Å². The van der Waals surface area contributed by atoms with Crippen molar-refractivity contribution in [3.63, 3.8) is 0 Å². The van der Waals surface area contributed by atoms with Crippen LogP contribution < -0.4 is 5.73 Å². The summed E-state index contributed by atoms with van der Waals surface area (Å²) >= 11 is 0. The zero-order chi connectivity index (χ0) is 12.9. The molecule has 5 heteroatoms. The van der Waals surface area contributed by atoms with Crippen molar-refractivity contribution in [1.82, 2.24) is 0 Å². The highest BCUT2D eigenvalue weighted by molar-refractivity contribution is 5.82. The number of rotatable bonds is 6. The maximum absolute atomic E-state index is 11.0. The molecule has 1 aliphatic rings. The summed E-state index contributed by atoms with van der Waals surface area (Å²) in [7, 11) is 0. The number of aliphatic imine (C=N–C) groups is 1. The molecule has 0 aromatic heterocycles. The van der Waals surface area contributed by atoms with Crippen molar-refractivity contribution in [2.45, 2.75) is 32.9 Å². The van der Waals surface area contributed by atoms with Gasteiger partial charge in [0, 0.05) is 6.92 Å². The summed E-state index contributed by atoms with van der Waals surface area (Å²) in [6.07, 6.45) is 8.71. The maximum atomic E-state index is 11.0. The van der Waals surface area contributed by atoms with Gasteiger partial charge in [0.25, 0.3) is 0 Å². The van der Waals surface area contributed by atoms with Crippen LogP contribution in [-0.4, -0.2) is 34.1 Å². The smallest absolute Gasteiger partial charge is 0.360 e. The second-order valence-electron chi connectivity index (χ2n) is 4.15. The lowest BCUT2D eigenvalue weighted by molar-refractivity contribution is -0.805. The summed E-state index contributed by atoms with van der Waals surface area (Å²) in [4.78, 5) is 15.2. The quantitative estimate of drug-likeness (QED) is 0.543. The Morgan fingerprint density at radius 2 is 2.35 bits per heavy atom. The molecule has 0 aromatic carbocycles. The van der Waals surface area contributed by atoms with Gasteiger partial charge in [-0.15, -0.1) is 0 Å². The van der Waals surface area contributed by atoms with Crippen LogP contribution in [0.25, 0.3) is 0 Å². The standard InChI is InChI=1S/C12H19N3O2/c1-3-4-5-6-11-14-7-8-15(11,10(2)13)9-12(16)17/h4-5,7-8,10H,3,6,9,13H2,1-2H3/p+1/b5-4+. The summed E-state index contributed by atoms with van der Waals surface area (Å²) in [6, 6.07) is 0. The molecule has 5 nitrogen and oxygen atoms in total. The SMILES string of the molecule is CC/C=C/CC1=NC=C[N+]1(CC(=O)O)C(C)N. The number of carboxylic acid groups (broad SMARTS) is 1. The number of hydrogen-bond acceptors (Lipinski definition) is 3. The van der Waals surface area contributed by atoms with Crippen LogP contribution >= 0.6 is 0 Å². The van der Waals surface area contributed by atoms with Gasteiger partial charge < -0.3 is 5.11 Å². The van der Waals surface area contributed by atoms with E-state index in [2.05, 4.69) is 11.9 Å². The van der Waals surface area contributed by atoms with Crippen LogP contribution in [0.2, 0.25) is 0 Å². The monoisotopic (exact) mass is 238 g/mol. The normalized spacial score (nSPS) is 25.2. The summed E-state index contributed by atoms with van der Waals surface area (Å²) in [6.45, 7) is 3.79. The lowest BCUT2D eigenvalue weighted by Gasteiger charge is -2.33. The minimum Gasteiger partial charge on any atom is -0.477 e. The minimum atomic E-state index is -0.874. The molecule has 94 valence electrons. The Hall–Kier alpha value is -1.46. The molecule has 1 aliphatic heterocycles. The van der Waals surface area contributed by atoms with Crippen LogP contribution in [0.4, 0.5) is 0 Å². The molecule has 3 N–H and O–H groups in total. The average molecular weight is 238 g/mol. The Morgan fingerprint density at radius 1 is 1.65 bits per heavy atom. The Labute approximate surface area is 102 Å². The second kappa shape index (κ2) is 5.75. The molecule has 0 spiro atoms. The van der Waals surface area contributed by atoms with Crippen molar-refractivity contribution in [3.05, 3.63) is 24.6 Å². The van der Waals surface area contributed by atoms with Gasteiger partial charge in [-0.1, -0.05) is 19.1 Å². The average Bonchev–Trinajstić information content (AvgIpc) is 2.62. The molecule has 0 saturated carbocycles. The van der Waals surface area contributed by atoms with Crippen LogP contribution in [0.1, 0.15) is 26.7 Å². The van der Waals surface area contributed by atoms with E-state index >= 15 is 0 Å². The van der Waals surface area contributed by atoms with E-state index in [-0.39, 0.29) is 17.2 Å². The first-order valence-corrected chi connectivity index (χ1v) is 5.77. The van der Waals surface area contributed by atoms with Crippen LogP contribution in [0.3, 0.4) is 0 Å². The van der Waals surface area contributed by atoms with E-state index in [9.17, 15) is 4.79 Å². The highest BCUT2D eigenvalue weighted by atomic mass is 16.4. The van der Waals surface area contributed by atoms with Gasteiger partial charge in [-0.05, 0) is 6.42 Å². The minimum absolute atomic E-state index is 0.0625. The number of amidine groups is 1. The van der Waals surface area contributed by atoms with E-state index in [0.717, 1.165) is 12.3 Å². The van der Waals surface area contributed by atoms with Gasteiger partial charge in [0.15, 0.2) is 6.54 Å². The summed E-state index contributed by atoms with van der Waals surface area (Å²) in [5.74, 6) is -0.0897. The fourth-order valence-electron chi connectivity index (χ4n) is 1.89. The van der Waals surface area contributed by atoms with Gasteiger partial charge in [0.2, 0.25) is 5.84 Å². The zero-order valence-corrected chi connectivity index (χ0v) is 10.3. The van der Waals surface area contributed by atoms with Crippen molar-refractivity contribution >= 4 is 11.8 Å². The lowest BCUT2D eigenvalue weighted by Crippen LogP contribution is -2.58. The lowest BCUT2D eigenvalue weighted by atomic mass is 10.2. The summed E-state index contributed by atoms with van der Waals surface area (Å²) < 4.78 is 0.114. The van der Waals surface area contributed by atoms with Gasteiger partial charge >= 0.3 is 5.97 Å². The first-order chi connectivity index (χ1) is 8.03. The molecule has 0 aliphatic carbocycles. The molecule has 0 radical (unpaired) electrons. The van der Waals surface area contributed by atoms with Gasteiger partial charge in [0.05, 0.1) is 12.6 Å². The van der Waals surface area contributed by atoms with E-state index < -0.39 is 5.97 Å². The Morgan fingerprint density at radius 3 is 2.88 bits per heavy atom. The fourth-order valence-corrected chi connectivity index (χ4v) is 1.89. The van der Waals surface area contributed by atoms with E-state index in [1.165, 1.54) is 0 Å². The molecule has 0 saturated heterocycles. The molecule has 1 rings (SSSR count). The van der Waals surface area contributed by atoms with E-state index in [1.807, 2.05) is 12.2 Å². The maximum Gasteiger partial charge on any atom is 0.360 e. The van der Waals surface area contributed by atoms with Gasteiger partial charge in [-0.2, -0.15) is 0 Å². The Bertz CT molecular complexity index is 372. The van der Waals surface area contributed by atoms with Crippen molar-refractivity contribution in [2.75, 3.05) is 6.54 Å². The highest BCUT2D eigenvalue weighted by Gasteiger charge is 2.40. The highest BCUT2D eigenvalue weighted by Crippen LogP contribution is 2.21. The number of nitrogens with zero attached hydrogens (tertiary/aromatic N) is 2. The summed E-state index contributed by atoms with van der Waals surface area (Å²) in [5.41, 5.74) is 5.93. The topological polar surface area (TPSA) is 75.7 Å². The predicted octanol–water partition coefficient (Wildman–Crippen LogP) is 1.43. The van der Waals surface area contributed by atoms with Gasteiger partial charge in [-0.3, -0.25) is 5.73 Å². The molecule has 0 fully saturated rings. The second-order valence-corrected chi connectivity index (χ2v) is 4.15. The predicted molar refractivity (Wildman–Crippen MR) is 67.0 cm³/mol. The number of aliphatic carboxylic acids is 1. The van der Waals surface area contributed by atoms with E-state index in [0.29, 0.717) is 6.42 Å². The molecule has 2 atom stereocenters. The van der Waals surface area contributed by atoms with Gasteiger partial charge in [-0.25, -0.2) is 14.3 Å². The van der Waals surface area contributed by atoms with Crippen molar-refractivity contribution in [2.24, 2.45) is 10.7 Å². The molecule has 2 unspecified atom stereocenters. The molecule has 0 aromatic rings. The molecule has 17 heavy (non-hydrogen) atoms. The van der Waals surface area contributed by atoms with Crippen LogP contribution in [0.5, 0.6) is 0 Å². The number of quaternary nitrogens is 1. The number of allylic oxidation sites excluding steroid dienone is 1. The molecular weight excluding hydrogens is 218 g/mol. The van der Waals surface area contributed by atoms with Crippen molar-refractivity contribution < 1.29 is 14.4 Å². The number of carboxylic acids is 1. The largest absolute Gasteiger partial charge is 0.477 e. The Kier molecular flexibility index (Phi) is 4.60. The third-order valence-electron chi connectivity index (χ3n) is 2.86. The van der Waals surface area contributed by atoms with Crippen LogP contribution in [-0.2, 0) is 4.79 Å². The zero-order valence-electron chi connectivity index (χ0n) is 10.3. The molecule has 0 bridgehead atoms. The molecule has 0 amide bonds. The van der Waals surface area contributed by atoms with Gasteiger partial charge in [0.1, 0.15) is 12.4 Å². The molecular formula is C12H20N3O2+. The third kappa shape index (κ3) is 3.01. The third-order valence-corrected chi connectivity index (χ3v) is 2.86. The molecule has 1 heterocycles. The van der Waals surface area contributed by atoms with Crippen molar-refractivity contribution in [3.8, 4) is 0 Å². The number of hydrogen-bond donors (Lipinski definition) is 2. The first-order valence-electron chi connectivity index (χ1n) is 5.77. The van der Waals surface area contributed by atoms with E-state index in [1.54, 1.807) is 19.3 Å². The van der Waals surface area contributed by atoms with Crippen LogP contribution in [0.15, 0.2) is 29.5 Å². The Balaban J connectivity index is 2.89. The number of carbonyl (C=O) groups is 1. The number of nitrogens with two attached hydrogens (primary N) is 1. The summed E-state index contributed by atoms with van der Waals surface area (Å²) in [5, 5.41) is 9.00.